The van der Waals surface area contributed by atoms with E-state index in [-0.39, 0.29) is 12.0 Å². The topological polar surface area (TPSA) is 54.8 Å². The number of piperazine rings is 1. The summed E-state index contributed by atoms with van der Waals surface area (Å²) < 4.78 is 7.23. The number of nitrogens with zero attached hydrogens (tertiary/aromatic N) is 3. The lowest BCUT2D eigenvalue weighted by molar-refractivity contribution is -0.132. The smallest absolute Gasteiger partial charge is 0.409 e. The summed E-state index contributed by atoms with van der Waals surface area (Å²) in [6.07, 6.45) is 2.11. The Labute approximate surface area is 186 Å². The number of para-hydroxylation sites is 1. The maximum absolute atomic E-state index is 13.0. The Morgan fingerprint density at radius 3 is 2.35 bits per heavy atom. The van der Waals surface area contributed by atoms with Crippen LogP contribution in [0.1, 0.15) is 18.1 Å². The highest BCUT2D eigenvalue weighted by Crippen LogP contribution is 2.24. The molecule has 1 aromatic heterocycles. The maximum atomic E-state index is 13.0. The van der Waals surface area contributed by atoms with Crippen LogP contribution < -0.4 is 0 Å². The number of ether oxygens (including phenoxy) is 1. The molecule has 0 N–H and O–H groups in total. The lowest BCUT2D eigenvalue weighted by Gasteiger charge is -2.34. The van der Waals surface area contributed by atoms with Crippen LogP contribution in [0.4, 0.5) is 4.79 Å². The number of hydrogen-bond donors (Lipinski definition) is 0. The molecule has 1 aliphatic heterocycles. The third-order valence-electron chi connectivity index (χ3n) is 5.64. The predicted octanol–water partition coefficient (Wildman–Crippen LogP) is 4.19. The molecule has 0 aliphatic carbocycles. The standard InChI is InChI=1S/C24H26ClN3O3/c1-2-31-24(30)27-13-11-26(12-14-27)23(29)15-19-17-28(22-6-4-3-5-21(19)22)16-18-7-9-20(25)10-8-18/h3-10,17H,2,11-16H2,1H3. The molecule has 0 bridgehead atoms. The van der Waals surface area contributed by atoms with Gasteiger partial charge in [-0.15, -0.1) is 0 Å². The zero-order valence-corrected chi connectivity index (χ0v) is 18.3. The fraction of sp³-hybridized carbons (Fsp3) is 0.333. The van der Waals surface area contributed by atoms with E-state index in [9.17, 15) is 9.59 Å². The van der Waals surface area contributed by atoms with Gasteiger partial charge in [0.15, 0.2) is 0 Å². The van der Waals surface area contributed by atoms with Crippen molar-refractivity contribution in [1.29, 1.82) is 0 Å². The van der Waals surface area contributed by atoms with Gasteiger partial charge in [-0.2, -0.15) is 0 Å². The van der Waals surface area contributed by atoms with Gasteiger partial charge in [0, 0.05) is 54.8 Å². The number of hydrogen-bond acceptors (Lipinski definition) is 3. The molecule has 0 saturated carbocycles. The zero-order chi connectivity index (χ0) is 21.8. The van der Waals surface area contributed by atoms with Gasteiger partial charge < -0.3 is 19.1 Å². The Morgan fingerprint density at radius 1 is 0.968 bits per heavy atom. The van der Waals surface area contributed by atoms with Crippen molar-refractivity contribution in [2.24, 2.45) is 0 Å². The average molecular weight is 440 g/mol. The summed E-state index contributed by atoms with van der Waals surface area (Å²) in [5.41, 5.74) is 3.27. The molecular formula is C24H26ClN3O3. The summed E-state index contributed by atoms with van der Waals surface area (Å²) in [6.45, 7) is 4.93. The number of halogens is 1. The number of carbonyl (C=O) groups excluding carboxylic acids is 2. The first-order valence-electron chi connectivity index (χ1n) is 10.6. The number of amides is 2. The van der Waals surface area contributed by atoms with Crippen molar-refractivity contribution in [3.63, 3.8) is 0 Å². The quantitative estimate of drug-likeness (QED) is 0.599. The van der Waals surface area contributed by atoms with Crippen molar-refractivity contribution in [2.45, 2.75) is 19.9 Å². The van der Waals surface area contributed by atoms with Crippen LogP contribution in [-0.2, 0) is 22.5 Å². The van der Waals surface area contributed by atoms with Gasteiger partial charge in [-0.05, 0) is 36.2 Å². The molecule has 6 nitrogen and oxygen atoms in total. The van der Waals surface area contributed by atoms with Crippen molar-refractivity contribution >= 4 is 34.5 Å². The Morgan fingerprint density at radius 2 is 1.65 bits per heavy atom. The Kier molecular flexibility index (Phi) is 6.47. The second kappa shape index (κ2) is 9.43. The van der Waals surface area contributed by atoms with Crippen molar-refractivity contribution in [3.05, 3.63) is 70.9 Å². The van der Waals surface area contributed by atoms with Gasteiger partial charge in [0.05, 0.1) is 13.0 Å². The van der Waals surface area contributed by atoms with Gasteiger partial charge >= 0.3 is 6.09 Å². The number of rotatable bonds is 5. The number of carbonyl (C=O) groups is 2. The fourth-order valence-electron chi connectivity index (χ4n) is 4.01. The molecule has 1 aliphatic rings. The number of benzene rings is 2. The molecule has 162 valence electrons. The summed E-state index contributed by atoms with van der Waals surface area (Å²) in [5.74, 6) is 0.0814. The summed E-state index contributed by atoms with van der Waals surface area (Å²) in [6, 6.07) is 16.0. The lowest BCUT2D eigenvalue weighted by Crippen LogP contribution is -2.51. The normalized spacial score (nSPS) is 14.1. The van der Waals surface area contributed by atoms with Crippen molar-refractivity contribution in [3.8, 4) is 0 Å². The first-order valence-corrected chi connectivity index (χ1v) is 10.9. The first-order chi connectivity index (χ1) is 15.0. The van der Waals surface area contributed by atoms with Gasteiger partial charge in [0.25, 0.3) is 0 Å². The van der Waals surface area contributed by atoms with E-state index in [1.807, 2.05) is 41.3 Å². The molecule has 2 heterocycles. The Balaban J connectivity index is 1.47. The van der Waals surface area contributed by atoms with Gasteiger partial charge in [-0.25, -0.2) is 4.79 Å². The van der Waals surface area contributed by atoms with Crippen molar-refractivity contribution in [2.75, 3.05) is 32.8 Å². The lowest BCUT2D eigenvalue weighted by atomic mass is 10.1. The Bertz CT molecular complexity index is 1070. The molecule has 2 amide bonds. The molecular weight excluding hydrogens is 414 g/mol. The van der Waals surface area contributed by atoms with Gasteiger partial charge in [0.2, 0.25) is 5.91 Å². The minimum absolute atomic E-state index is 0.0814. The second-order valence-electron chi connectivity index (χ2n) is 7.67. The summed E-state index contributed by atoms with van der Waals surface area (Å²) >= 11 is 6.01. The molecule has 4 rings (SSSR count). The van der Waals surface area contributed by atoms with E-state index in [2.05, 4.69) is 22.9 Å². The van der Waals surface area contributed by atoms with Crippen LogP contribution in [0.25, 0.3) is 10.9 Å². The highest BCUT2D eigenvalue weighted by atomic mass is 35.5. The summed E-state index contributed by atoms with van der Waals surface area (Å²) in [7, 11) is 0. The van der Waals surface area contributed by atoms with Crippen LogP contribution in [0.5, 0.6) is 0 Å². The molecule has 3 aromatic rings. The minimum Gasteiger partial charge on any atom is -0.450 e. The van der Waals surface area contributed by atoms with E-state index in [0.717, 1.165) is 27.1 Å². The largest absolute Gasteiger partial charge is 0.450 e. The molecule has 0 spiro atoms. The van der Waals surface area contributed by atoms with Crippen LogP contribution in [0.2, 0.25) is 5.02 Å². The fourth-order valence-corrected chi connectivity index (χ4v) is 4.13. The first kappa shape index (κ1) is 21.2. The number of aromatic nitrogens is 1. The highest BCUT2D eigenvalue weighted by molar-refractivity contribution is 6.30. The number of fused-ring (bicyclic) bond motifs is 1. The second-order valence-corrected chi connectivity index (χ2v) is 8.11. The van der Waals surface area contributed by atoms with Crippen LogP contribution in [0, 0.1) is 0 Å². The van der Waals surface area contributed by atoms with Gasteiger partial charge in [-0.1, -0.05) is 41.9 Å². The van der Waals surface area contributed by atoms with Crippen molar-refractivity contribution in [1.82, 2.24) is 14.4 Å². The molecule has 1 saturated heterocycles. The molecule has 1 fully saturated rings. The van der Waals surface area contributed by atoms with Crippen LogP contribution in [0.15, 0.2) is 54.7 Å². The zero-order valence-electron chi connectivity index (χ0n) is 17.6. The van der Waals surface area contributed by atoms with E-state index >= 15 is 0 Å². The van der Waals surface area contributed by atoms with Crippen LogP contribution >= 0.6 is 11.6 Å². The van der Waals surface area contributed by atoms with E-state index < -0.39 is 0 Å². The molecule has 31 heavy (non-hydrogen) atoms. The molecule has 7 heteroatoms. The van der Waals surface area contributed by atoms with Crippen molar-refractivity contribution < 1.29 is 14.3 Å². The average Bonchev–Trinajstić information content (AvgIpc) is 3.13. The van der Waals surface area contributed by atoms with Gasteiger partial charge in [0.1, 0.15) is 0 Å². The minimum atomic E-state index is -0.306. The summed E-state index contributed by atoms with van der Waals surface area (Å²) in [4.78, 5) is 28.4. The highest BCUT2D eigenvalue weighted by Gasteiger charge is 2.25. The monoisotopic (exact) mass is 439 g/mol. The van der Waals surface area contributed by atoms with Gasteiger partial charge in [-0.3, -0.25) is 4.79 Å². The SMILES string of the molecule is CCOC(=O)N1CCN(C(=O)Cc2cn(Cc3ccc(Cl)cc3)c3ccccc23)CC1. The third kappa shape index (κ3) is 4.85. The predicted molar refractivity (Wildman–Crippen MR) is 121 cm³/mol. The molecule has 0 unspecified atom stereocenters. The van der Waals surface area contributed by atoms with E-state index in [1.54, 1.807) is 11.8 Å². The van der Waals surface area contributed by atoms with Crippen LogP contribution in [-0.4, -0.2) is 59.2 Å². The van der Waals surface area contributed by atoms with E-state index in [1.165, 1.54) is 0 Å². The summed E-state index contributed by atoms with van der Waals surface area (Å²) in [5, 5.41) is 1.81. The third-order valence-corrected chi connectivity index (χ3v) is 5.89. The molecule has 0 atom stereocenters. The Hall–Kier alpha value is -2.99. The van der Waals surface area contributed by atoms with E-state index in [0.29, 0.717) is 45.8 Å². The molecule has 2 aromatic carbocycles. The van der Waals surface area contributed by atoms with Crippen LogP contribution in [0.3, 0.4) is 0 Å². The van der Waals surface area contributed by atoms with E-state index in [4.69, 9.17) is 16.3 Å². The molecule has 0 radical (unpaired) electrons. The maximum Gasteiger partial charge on any atom is 0.409 e.